The van der Waals surface area contributed by atoms with Crippen molar-refractivity contribution >= 4 is 5.91 Å². The molecule has 0 aliphatic heterocycles. The molecular formula is C23H21F2N5O2. The summed E-state index contributed by atoms with van der Waals surface area (Å²) < 4.78 is 34.2. The van der Waals surface area contributed by atoms with Gasteiger partial charge in [0.15, 0.2) is 5.76 Å². The Morgan fingerprint density at radius 2 is 1.94 bits per heavy atom. The molecule has 0 radical (unpaired) electrons. The van der Waals surface area contributed by atoms with Crippen LogP contribution in [0.3, 0.4) is 0 Å². The quantitative estimate of drug-likeness (QED) is 0.475. The third-order valence-electron chi connectivity index (χ3n) is 4.92. The molecule has 0 aliphatic rings. The first kappa shape index (κ1) is 21.4. The lowest BCUT2D eigenvalue weighted by Gasteiger charge is -2.11. The number of aryl methyl sites for hydroxylation is 2. The maximum atomic E-state index is 13.8. The maximum Gasteiger partial charge on any atom is 0.224 e. The van der Waals surface area contributed by atoms with Crippen LogP contribution in [0.25, 0.3) is 22.6 Å². The molecule has 0 atom stereocenters. The number of nitrogens with zero attached hydrogens (tertiary/aromatic N) is 4. The minimum absolute atomic E-state index is 0.0102. The summed E-state index contributed by atoms with van der Waals surface area (Å²) in [7, 11) is 0. The second kappa shape index (κ2) is 9.09. The highest BCUT2D eigenvalue weighted by atomic mass is 19.1. The van der Waals surface area contributed by atoms with E-state index in [2.05, 4.69) is 20.6 Å². The number of rotatable bonds is 7. The highest BCUT2D eigenvalue weighted by Gasteiger charge is 2.18. The molecule has 4 aromatic rings. The maximum absolute atomic E-state index is 13.8. The van der Waals surface area contributed by atoms with Gasteiger partial charge in [-0.1, -0.05) is 5.16 Å². The Bertz CT molecular complexity index is 1250. The van der Waals surface area contributed by atoms with Crippen molar-refractivity contribution in [1.29, 1.82) is 0 Å². The van der Waals surface area contributed by atoms with Gasteiger partial charge in [-0.25, -0.2) is 8.78 Å². The summed E-state index contributed by atoms with van der Waals surface area (Å²) in [6, 6.07) is 8.71. The van der Waals surface area contributed by atoms with Gasteiger partial charge in [-0.2, -0.15) is 5.10 Å². The van der Waals surface area contributed by atoms with Gasteiger partial charge in [0.05, 0.1) is 36.1 Å². The first-order chi connectivity index (χ1) is 15.4. The minimum atomic E-state index is -0.616. The second-order valence-corrected chi connectivity index (χ2v) is 7.41. The van der Waals surface area contributed by atoms with Crippen molar-refractivity contribution in [3.8, 4) is 22.6 Å². The average Bonchev–Trinajstić information content (AvgIpc) is 3.37. The molecule has 1 aromatic carbocycles. The van der Waals surface area contributed by atoms with E-state index in [1.54, 1.807) is 17.1 Å². The highest BCUT2D eigenvalue weighted by molar-refractivity contribution is 5.79. The first-order valence-corrected chi connectivity index (χ1v) is 10.0. The van der Waals surface area contributed by atoms with Gasteiger partial charge in [-0.15, -0.1) is 0 Å². The van der Waals surface area contributed by atoms with Gasteiger partial charge < -0.3 is 9.84 Å². The van der Waals surface area contributed by atoms with Crippen molar-refractivity contribution in [3.05, 3.63) is 77.4 Å². The van der Waals surface area contributed by atoms with Gasteiger partial charge in [-0.05, 0) is 44.2 Å². The molecule has 1 amide bonds. The van der Waals surface area contributed by atoms with E-state index >= 15 is 0 Å². The van der Waals surface area contributed by atoms with Crippen LogP contribution in [0, 0.1) is 25.5 Å². The van der Waals surface area contributed by atoms with Crippen LogP contribution in [-0.2, 0) is 17.8 Å². The summed E-state index contributed by atoms with van der Waals surface area (Å²) >= 11 is 0. The molecule has 164 valence electrons. The first-order valence-electron chi connectivity index (χ1n) is 10.0. The lowest BCUT2D eigenvalue weighted by Crippen LogP contribution is -2.29. The van der Waals surface area contributed by atoms with Crippen molar-refractivity contribution in [2.24, 2.45) is 0 Å². The van der Waals surface area contributed by atoms with Crippen LogP contribution >= 0.6 is 0 Å². The molecule has 0 saturated heterocycles. The molecule has 7 nitrogen and oxygen atoms in total. The Balaban J connectivity index is 1.51. The minimum Gasteiger partial charge on any atom is -0.356 e. The Morgan fingerprint density at radius 1 is 1.09 bits per heavy atom. The zero-order valence-electron chi connectivity index (χ0n) is 17.6. The van der Waals surface area contributed by atoms with E-state index in [0.717, 1.165) is 46.4 Å². The summed E-state index contributed by atoms with van der Waals surface area (Å²) in [5, 5.41) is 11.1. The fraction of sp³-hybridized carbons (Fsp3) is 0.217. The van der Waals surface area contributed by atoms with Crippen LogP contribution in [0.15, 0.2) is 53.3 Å². The number of amides is 1. The van der Waals surface area contributed by atoms with Crippen molar-refractivity contribution in [1.82, 2.24) is 25.2 Å². The van der Waals surface area contributed by atoms with Crippen molar-refractivity contribution < 1.29 is 18.1 Å². The molecule has 3 aromatic heterocycles. The summed E-state index contributed by atoms with van der Waals surface area (Å²) in [6.45, 7) is 4.34. The number of halogens is 2. The largest absolute Gasteiger partial charge is 0.356 e. The van der Waals surface area contributed by atoms with Crippen LogP contribution < -0.4 is 5.32 Å². The van der Waals surface area contributed by atoms with Gasteiger partial charge >= 0.3 is 0 Å². The van der Waals surface area contributed by atoms with Crippen LogP contribution in [0.2, 0.25) is 0 Å². The van der Waals surface area contributed by atoms with E-state index in [9.17, 15) is 13.6 Å². The molecule has 0 unspecified atom stereocenters. The molecule has 0 spiro atoms. The molecule has 0 bridgehead atoms. The molecule has 1 N–H and O–H groups in total. The number of hydrogen-bond donors (Lipinski definition) is 1. The number of carbonyl (C=O) groups is 1. The third-order valence-corrected chi connectivity index (χ3v) is 4.92. The summed E-state index contributed by atoms with van der Waals surface area (Å²) in [5.41, 5.74) is 4.01. The van der Waals surface area contributed by atoms with Gasteiger partial charge in [0.25, 0.3) is 0 Å². The normalized spacial score (nSPS) is 11.0. The highest BCUT2D eigenvalue weighted by Crippen LogP contribution is 2.32. The summed E-state index contributed by atoms with van der Waals surface area (Å²) in [5.74, 6) is -1.03. The molecule has 3 heterocycles. The number of aromatic nitrogens is 4. The number of hydrogen-bond acceptors (Lipinski definition) is 5. The molecule has 0 aliphatic carbocycles. The lowest BCUT2D eigenvalue weighted by molar-refractivity contribution is -0.120. The summed E-state index contributed by atoms with van der Waals surface area (Å²) in [4.78, 5) is 16.6. The van der Waals surface area contributed by atoms with Gasteiger partial charge in [0, 0.05) is 35.6 Å². The Hall–Kier alpha value is -3.88. The van der Waals surface area contributed by atoms with Crippen molar-refractivity contribution in [3.63, 3.8) is 0 Å². The van der Waals surface area contributed by atoms with E-state index in [-0.39, 0.29) is 18.5 Å². The Labute approximate surface area is 183 Å². The second-order valence-electron chi connectivity index (χ2n) is 7.41. The fourth-order valence-corrected chi connectivity index (χ4v) is 3.35. The SMILES string of the molecule is Cc1ccc(-c2c(-c3cc(C)no3)cnn2CCNC(=O)Cc2cc(F)ccc2F)cn1. The Morgan fingerprint density at radius 3 is 2.66 bits per heavy atom. The van der Waals surface area contributed by atoms with Gasteiger partial charge in [0.2, 0.25) is 5.91 Å². The van der Waals surface area contributed by atoms with E-state index in [1.807, 2.05) is 32.0 Å². The predicted octanol–water partition coefficient (Wildman–Crippen LogP) is 3.85. The van der Waals surface area contributed by atoms with Crippen molar-refractivity contribution in [2.45, 2.75) is 26.8 Å². The topological polar surface area (TPSA) is 85.8 Å². The molecule has 0 fully saturated rings. The van der Waals surface area contributed by atoms with E-state index in [4.69, 9.17) is 4.52 Å². The lowest BCUT2D eigenvalue weighted by atomic mass is 10.1. The van der Waals surface area contributed by atoms with Crippen LogP contribution in [-0.4, -0.2) is 32.4 Å². The van der Waals surface area contributed by atoms with Crippen LogP contribution in [0.1, 0.15) is 17.0 Å². The molecule has 0 saturated carbocycles. The van der Waals surface area contributed by atoms with E-state index in [1.165, 1.54) is 0 Å². The number of nitrogens with one attached hydrogen (secondary N) is 1. The molecule has 4 rings (SSSR count). The molecular weight excluding hydrogens is 416 g/mol. The van der Waals surface area contributed by atoms with E-state index in [0.29, 0.717) is 12.3 Å². The smallest absolute Gasteiger partial charge is 0.224 e. The molecule has 9 heteroatoms. The predicted molar refractivity (Wildman–Crippen MR) is 114 cm³/mol. The fourth-order valence-electron chi connectivity index (χ4n) is 3.35. The van der Waals surface area contributed by atoms with Crippen molar-refractivity contribution in [2.75, 3.05) is 6.54 Å². The average molecular weight is 437 g/mol. The third kappa shape index (κ3) is 4.72. The summed E-state index contributed by atoms with van der Waals surface area (Å²) in [6.07, 6.45) is 3.18. The van der Waals surface area contributed by atoms with Crippen LogP contribution in [0.4, 0.5) is 8.78 Å². The zero-order chi connectivity index (χ0) is 22.7. The standard InChI is InChI=1S/C23H21F2N5O2/c1-14-3-4-16(12-27-14)23-19(21-9-15(2)29-32-21)13-28-30(23)8-7-26-22(31)11-17-10-18(24)5-6-20(17)25/h3-6,9-10,12-13H,7-8,11H2,1-2H3,(H,26,31). The van der Waals surface area contributed by atoms with Gasteiger partial charge in [-0.3, -0.25) is 14.5 Å². The molecule has 32 heavy (non-hydrogen) atoms. The number of benzene rings is 1. The number of pyridine rings is 1. The zero-order valence-corrected chi connectivity index (χ0v) is 17.6. The van der Waals surface area contributed by atoms with Gasteiger partial charge in [0.1, 0.15) is 11.6 Å². The number of carbonyl (C=O) groups excluding carboxylic acids is 1. The monoisotopic (exact) mass is 437 g/mol. The van der Waals surface area contributed by atoms with E-state index < -0.39 is 17.5 Å². The van der Waals surface area contributed by atoms with Crippen LogP contribution in [0.5, 0.6) is 0 Å². The Kier molecular flexibility index (Phi) is 6.07.